The van der Waals surface area contributed by atoms with Gasteiger partial charge in [0.25, 0.3) is 0 Å². The molecule has 1 aromatic heterocycles. The van der Waals surface area contributed by atoms with Gasteiger partial charge in [0.2, 0.25) is 5.91 Å². The van der Waals surface area contributed by atoms with Crippen LogP contribution in [0.3, 0.4) is 0 Å². The van der Waals surface area contributed by atoms with Crippen molar-refractivity contribution in [2.24, 2.45) is 0 Å². The van der Waals surface area contributed by atoms with Gasteiger partial charge in [-0.05, 0) is 34.9 Å². The molecule has 1 N–H and O–H groups in total. The van der Waals surface area contributed by atoms with Crippen LogP contribution in [0, 0.1) is 0 Å². The summed E-state index contributed by atoms with van der Waals surface area (Å²) in [5.41, 5.74) is 1.99. The molecule has 0 saturated heterocycles. The summed E-state index contributed by atoms with van der Waals surface area (Å²) in [6.07, 6.45) is 4.54. The molecule has 0 unspecified atom stereocenters. The summed E-state index contributed by atoms with van der Waals surface area (Å²) in [5.74, 6) is 0.0223. The number of benzene rings is 2. The van der Waals surface area contributed by atoms with Crippen molar-refractivity contribution < 1.29 is 4.79 Å². The first-order valence-electron chi connectivity index (χ1n) is 6.99. The van der Waals surface area contributed by atoms with Crippen molar-refractivity contribution in [1.29, 1.82) is 0 Å². The first-order chi connectivity index (χ1) is 10.3. The topological polar surface area (TPSA) is 42.0 Å². The van der Waals surface area contributed by atoms with E-state index in [2.05, 4.69) is 34.6 Å². The van der Waals surface area contributed by atoms with Crippen molar-refractivity contribution in [3.63, 3.8) is 0 Å². The smallest absolute Gasteiger partial charge is 0.224 e. The van der Waals surface area contributed by atoms with E-state index in [-0.39, 0.29) is 5.91 Å². The van der Waals surface area contributed by atoms with Gasteiger partial charge in [-0.25, -0.2) is 0 Å². The van der Waals surface area contributed by atoms with E-state index in [0.29, 0.717) is 6.42 Å². The Hall–Kier alpha value is -2.68. The molecule has 0 radical (unpaired) electrons. The van der Waals surface area contributed by atoms with Crippen LogP contribution in [-0.4, -0.2) is 10.9 Å². The molecule has 3 heteroatoms. The summed E-state index contributed by atoms with van der Waals surface area (Å²) in [7, 11) is 0. The summed E-state index contributed by atoms with van der Waals surface area (Å²) >= 11 is 0. The third-order valence-corrected chi connectivity index (χ3v) is 3.47. The molecule has 2 aromatic carbocycles. The molecule has 0 aliphatic heterocycles. The van der Waals surface area contributed by atoms with Crippen LogP contribution in [0.15, 0.2) is 67.0 Å². The minimum Gasteiger partial charge on any atom is -0.326 e. The number of nitrogens with zero attached hydrogens (tertiary/aromatic N) is 1. The van der Waals surface area contributed by atoms with E-state index in [1.807, 2.05) is 18.2 Å². The molecule has 3 aromatic rings. The van der Waals surface area contributed by atoms with Crippen LogP contribution in [0.2, 0.25) is 0 Å². The third kappa shape index (κ3) is 3.26. The second kappa shape index (κ2) is 6.18. The lowest BCUT2D eigenvalue weighted by Gasteiger charge is -2.07. The normalized spacial score (nSPS) is 10.5. The largest absolute Gasteiger partial charge is 0.326 e. The standard InChI is InChI=1S/C18H16N2O/c21-18(20-16-10-12-19-13-11-16)9-8-15-6-3-5-14-4-1-2-7-17(14)15/h1-7,10-13H,8-9H2,(H,19,20,21). The highest BCUT2D eigenvalue weighted by Gasteiger charge is 2.05. The zero-order chi connectivity index (χ0) is 14.5. The Morgan fingerprint density at radius 2 is 1.71 bits per heavy atom. The predicted molar refractivity (Wildman–Crippen MR) is 85.1 cm³/mol. The number of carbonyl (C=O) groups is 1. The van der Waals surface area contributed by atoms with Gasteiger partial charge in [0, 0.05) is 24.5 Å². The number of aromatic nitrogens is 1. The molecule has 104 valence electrons. The van der Waals surface area contributed by atoms with Crippen molar-refractivity contribution >= 4 is 22.4 Å². The van der Waals surface area contributed by atoms with Gasteiger partial charge in [-0.2, -0.15) is 0 Å². The summed E-state index contributed by atoms with van der Waals surface area (Å²) in [6.45, 7) is 0. The fraction of sp³-hybridized carbons (Fsp3) is 0.111. The van der Waals surface area contributed by atoms with E-state index in [4.69, 9.17) is 0 Å². The Balaban J connectivity index is 1.68. The first-order valence-corrected chi connectivity index (χ1v) is 6.99. The molecule has 0 spiro atoms. The Morgan fingerprint density at radius 1 is 0.952 bits per heavy atom. The number of fused-ring (bicyclic) bond motifs is 1. The van der Waals surface area contributed by atoms with Crippen LogP contribution >= 0.6 is 0 Å². The lowest BCUT2D eigenvalue weighted by atomic mass is 10.0. The highest BCUT2D eigenvalue weighted by Crippen LogP contribution is 2.19. The monoisotopic (exact) mass is 276 g/mol. The number of carbonyl (C=O) groups excluding carboxylic acids is 1. The van der Waals surface area contributed by atoms with Gasteiger partial charge in [-0.15, -0.1) is 0 Å². The van der Waals surface area contributed by atoms with Crippen LogP contribution in [0.1, 0.15) is 12.0 Å². The number of rotatable bonds is 4. The van der Waals surface area contributed by atoms with Crippen molar-refractivity contribution in [2.75, 3.05) is 5.32 Å². The zero-order valence-corrected chi connectivity index (χ0v) is 11.6. The summed E-state index contributed by atoms with van der Waals surface area (Å²) in [6, 6.07) is 18.1. The quantitative estimate of drug-likeness (QED) is 0.787. The molecule has 1 amide bonds. The van der Waals surface area contributed by atoms with Crippen molar-refractivity contribution in [2.45, 2.75) is 12.8 Å². The van der Waals surface area contributed by atoms with Gasteiger partial charge in [-0.1, -0.05) is 42.5 Å². The Kier molecular flexibility index (Phi) is 3.92. The Labute approximate surface area is 123 Å². The first kappa shape index (κ1) is 13.3. The van der Waals surface area contributed by atoms with Gasteiger partial charge < -0.3 is 5.32 Å². The summed E-state index contributed by atoms with van der Waals surface area (Å²) < 4.78 is 0. The molecule has 0 aliphatic carbocycles. The number of anilines is 1. The van der Waals surface area contributed by atoms with E-state index < -0.39 is 0 Å². The number of nitrogens with one attached hydrogen (secondary N) is 1. The molecule has 0 aliphatic rings. The van der Waals surface area contributed by atoms with Crippen LogP contribution in [-0.2, 0) is 11.2 Å². The maximum absolute atomic E-state index is 12.0. The van der Waals surface area contributed by atoms with Gasteiger partial charge in [0.15, 0.2) is 0 Å². The van der Waals surface area contributed by atoms with Gasteiger partial charge in [-0.3, -0.25) is 9.78 Å². The Bertz CT molecular complexity index is 748. The zero-order valence-electron chi connectivity index (χ0n) is 11.6. The molecule has 1 heterocycles. The fourth-order valence-corrected chi connectivity index (χ4v) is 2.42. The lowest BCUT2D eigenvalue weighted by Crippen LogP contribution is -2.12. The van der Waals surface area contributed by atoms with Crippen LogP contribution in [0.25, 0.3) is 10.8 Å². The van der Waals surface area contributed by atoms with E-state index in [1.165, 1.54) is 16.3 Å². The minimum atomic E-state index is 0.0223. The lowest BCUT2D eigenvalue weighted by molar-refractivity contribution is -0.116. The van der Waals surface area contributed by atoms with E-state index in [1.54, 1.807) is 24.5 Å². The summed E-state index contributed by atoms with van der Waals surface area (Å²) in [5, 5.41) is 5.31. The highest BCUT2D eigenvalue weighted by molar-refractivity contribution is 5.91. The third-order valence-electron chi connectivity index (χ3n) is 3.47. The molecular weight excluding hydrogens is 260 g/mol. The second-order valence-corrected chi connectivity index (χ2v) is 4.92. The molecule has 21 heavy (non-hydrogen) atoms. The average Bonchev–Trinajstić information content (AvgIpc) is 2.54. The highest BCUT2D eigenvalue weighted by atomic mass is 16.1. The predicted octanol–water partition coefficient (Wildman–Crippen LogP) is 3.81. The number of hydrogen-bond acceptors (Lipinski definition) is 2. The van der Waals surface area contributed by atoms with Crippen LogP contribution in [0.5, 0.6) is 0 Å². The fourth-order valence-electron chi connectivity index (χ4n) is 2.42. The van der Waals surface area contributed by atoms with Crippen molar-refractivity contribution in [3.05, 3.63) is 72.6 Å². The van der Waals surface area contributed by atoms with Crippen molar-refractivity contribution in [1.82, 2.24) is 4.98 Å². The number of hydrogen-bond donors (Lipinski definition) is 1. The molecule has 0 fully saturated rings. The average molecular weight is 276 g/mol. The Morgan fingerprint density at radius 3 is 2.57 bits per heavy atom. The maximum Gasteiger partial charge on any atom is 0.224 e. The molecule has 3 rings (SSSR count). The number of aryl methyl sites for hydroxylation is 1. The van der Waals surface area contributed by atoms with Crippen LogP contribution < -0.4 is 5.32 Å². The van der Waals surface area contributed by atoms with Gasteiger partial charge in [0.1, 0.15) is 0 Å². The SMILES string of the molecule is O=C(CCc1cccc2ccccc12)Nc1ccncc1. The maximum atomic E-state index is 12.0. The van der Waals surface area contributed by atoms with E-state index >= 15 is 0 Å². The molecule has 0 bridgehead atoms. The molecule has 3 nitrogen and oxygen atoms in total. The van der Waals surface area contributed by atoms with Crippen molar-refractivity contribution in [3.8, 4) is 0 Å². The van der Waals surface area contributed by atoms with Crippen LogP contribution in [0.4, 0.5) is 5.69 Å². The summed E-state index contributed by atoms with van der Waals surface area (Å²) in [4.78, 5) is 15.9. The second-order valence-electron chi connectivity index (χ2n) is 4.92. The number of amides is 1. The number of pyridine rings is 1. The molecule has 0 atom stereocenters. The van der Waals surface area contributed by atoms with E-state index in [9.17, 15) is 4.79 Å². The minimum absolute atomic E-state index is 0.0223. The van der Waals surface area contributed by atoms with E-state index in [0.717, 1.165) is 12.1 Å². The van der Waals surface area contributed by atoms with Gasteiger partial charge >= 0.3 is 0 Å². The van der Waals surface area contributed by atoms with Gasteiger partial charge in [0.05, 0.1) is 0 Å². The molecular formula is C18H16N2O. The molecule has 0 saturated carbocycles.